The first-order valence-corrected chi connectivity index (χ1v) is 7.89. The topological polar surface area (TPSA) is 82.2 Å². The van der Waals surface area contributed by atoms with E-state index < -0.39 is 0 Å². The Kier molecular flexibility index (Phi) is 4.09. The molecule has 1 aliphatic rings. The lowest BCUT2D eigenvalue weighted by atomic mass is 10.0. The van der Waals surface area contributed by atoms with Crippen LogP contribution in [0.25, 0.3) is 0 Å². The molecule has 0 saturated carbocycles. The van der Waals surface area contributed by atoms with Gasteiger partial charge in [0.2, 0.25) is 0 Å². The van der Waals surface area contributed by atoms with Gasteiger partial charge in [-0.15, -0.1) is 0 Å². The molecule has 1 aliphatic heterocycles. The minimum Gasteiger partial charge on any atom is -0.362 e. The summed E-state index contributed by atoms with van der Waals surface area (Å²) in [5.41, 5.74) is 2.49. The summed E-state index contributed by atoms with van der Waals surface area (Å²) < 4.78 is 0. The minimum atomic E-state index is -0.348. The number of anilines is 1. The van der Waals surface area contributed by atoms with Crippen molar-refractivity contribution in [2.75, 3.05) is 25.5 Å². The third-order valence-corrected chi connectivity index (χ3v) is 4.15. The predicted octanol–water partition coefficient (Wildman–Crippen LogP) is 1.05. The van der Waals surface area contributed by atoms with Crippen LogP contribution in [0.2, 0.25) is 0 Å². The number of carbonyl (C=O) groups is 1. The van der Waals surface area contributed by atoms with E-state index in [9.17, 15) is 9.59 Å². The zero-order valence-corrected chi connectivity index (χ0v) is 14.4. The maximum Gasteiger partial charge on any atom is 0.260 e. The zero-order valence-electron chi connectivity index (χ0n) is 14.4. The van der Waals surface area contributed by atoms with Crippen LogP contribution in [0.5, 0.6) is 0 Å². The number of nitrogens with zero attached hydrogens (tertiary/aromatic N) is 4. The maximum absolute atomic E-state index is 12.7. The van der Waals surface area contributed by atoms with Gasteiger partial charge in [-0.05, 0) is 32.4 Å². The summed E-state index contributed by atoms with van der Waals surface area (Å²) in [7, 11) is 3.90. The fraction of sp³-hybridized carbons (Fsp3) is 0.412. The van der Waals surface area contributed by atoms with Crippen LogP contribution in [-0.4, -0.2) is 46.4 Å². The van der Waals surface area contributed by atoms with Crippen LogP contribution in [0.1, 0.15) is 33.1 Å². The SMILES string of the molecule is Cc1nc2c(c(N(C)C)n1)CCN(C(=O)c1ccc(C)[nH]c1=O)C2. The second kappa shape index (κ2) is 6.07. The number of rotatable bonds is 2. The molecule has 2 aromatic rings. The Hall–Kier alpha value is -2.70. The van der Waals surface area contributed by atoms with Crippen molar-refractivity contribution in [3.63, 3.8) is 0 Å². The Morgan fingerprint density at radius 1 is 1.25 bits per heavy atom. The van der Waals surface area contributed by atoms with Gasteiger partial charge in [0.1, 0.15) is 17.2 Å². The van der Waals surface area contributed by atoms with Crippen molar-refractivity contribution in [2.45, 2.75) is 26.8 Å². The number of carbonyl (C=O) groups excluding carboxylic acids is 1. The molecule has 1 amide bonds. The third kappa shape index (κ3) is 2.89. The predicted molar refractivity (Wildman–Crippen MR) is 91.3 cm³/mol. The van der Waals surface area contributed by atoms with E-state index in [4.69, 9.17) is 0 Å². The first-order valence-electron chi connectivity index (χ1n) is 7.89. The first kappa shape index (κ1) is 16.2. The number of aryl methyl sites for hydroxylation is 2. The Bertz CT molecular complexity index is 857. The first-order chi connectivity index (χ1) is 11.4. The molecule has 3 heterocycles. The van der Waals surface area contributed by atoms with Crippen LogP contribution in [0.3, 0.4) is 0 Å². The molecule has 0 spiro atoms. The molecule has 0 atom stereocenters. The molecular weight excluding hydrogens is 306 g/mol. The van der Waals surface area contributed by atoms with Crippen LogP contribution in [-0.2, 0) is 13.0 Å². The zero-order chi connectivity index (χ0) is 17.4. The molecule has 126 valence electrons. The molecule has 7 nitrogen and oxygen atoms in total. The van der Waals surface area contributed by atoms with Gasteiger partial charge in [0, 0.05) is 31.9 Å². The van der Waals surface area contributed by atoms with Crippen molar-refractivity contribution in [1.29, 1.82) is 0 Å². The van der Waals surface area contributed by atoms with Crippen molar-refractivity contribution in [2.24, 2.45) is 0 Å². The highest BCUT2D eigenvalue weighted by atomic mass is 16.2. The molecule has 0 aromatic carbocycles. The van der Waals surface area contributed by atoms with Crippen LogP contribution in [0.15, 0.2) is 16.9 Å². The number of hydrogen-bond donors (Lipinski definition) is 1. The number of H-pyrrole nitrogens is 1. The smallest absolute Gasteiger partial charge is 0.260 e. The van der Waals surface area contributed by atoms with Crippen molar-refractivity contribution in [1.82, 2.24) is 19.9 Å². The van der Waals surface area contributed by atoms with Gasteiger partial charge in [-0.1, -0.05) is 0 Å². The van der Waals surface area contributed by atoms with E-state index in [0.717, 1.165) is 22.8 Å². The quantitative estimate of drug-likeness (QED) is 0.891. The minimum absolute atomic E-state index is 0.169. The van der Waals surface area contributed by atoms with E-state index in [2.05, 4.69) is 15.0 Å². The largest absolute Gasteiger partial charge is 0.362 e. The number of pyridine rings is 1. The second-order valence-electron chi connectivity index (χ2n) is 6.27. The molecule has 3 rings (SSSR count). The summed E-state index contributed by atoms with van der Waals surface area (Å²) in [6, 6.07) is 3.32. The van der Waals surface area contributed by atoms with Crippen molar-refractivity contribution >= 4 is 11.7 Å². The summed E-state index contributed by atoms with van der Waals surface area (Å²) >= 11 is 0. The van der Waals surface area contributed by atoms with E-state index in [0.29, 0.717) is 25.3 Å². The number of fused-ring (bicyclic) bond motifs is 1. The summed E-state index contributed by atoms with van der Waals surface area (Å²) in [6.07, 6.45) is 0.679. The van der Waals surface area contributed by atoms with Crippen molar-refractivity contribution in [3.05, 3.63) is 50.8 Å². The lowest BCUT2D eigenvalue weighted by molar-refractivity contribution is 0.0729. The van der Waals surface area contributed by atoms with Crippen LogP contribution < -0.4 is 10.5 Å². The Morgan fingerprint density at radius 3 is 2.67 bits per heavy atom. The number of aromatic amines is 1. The number of amides is 1. The maximum atomic E-state index is 12.7. The lowest BCUT2D eigenvalue weighted by Crippen LogP contribution is -2.39. The van der Waals surface area contributed by atoms with Gasteiger partial charge in [0.05, 0.1) is 12.2 Å². The van der Waals surface area contributed by atoms with E-state index in [-0.39, 0.29) is 17.0 Å². The number of nitrogens with one attached hydrogen (secondary N) is 1. The van der Waals surface area contributed by atoms with Gasteiger partial charge < -0.3 is 14.8 Å². The normalized spacial score (nSPS) is 13.6. The molecule has 0 saturated heterocycles. The highest BCUT2D eigenvalue weighted by molar-refractivity contribution is 5.94. The molecule has 24 heavy (non-hydrogen) atoms. The molecule has 2 aromatic heterocycles. The average molecular weight is 327 g/mol. The molecule has 1 N–H and O–H groups in total. The van der Waals surface area contributed by atoms with Crippen molar-refractivity contribution in [3.8, 4) is 0 Å². The van der Waals surface area contributed by atoms with Gasteiger partial charge in [-0.25, -0.2) is 9.97 Å². The Morgan fingerprint density at radius 2 is 2.00 bits per heavy atom. The molecular formula is C17H21N5O2. The van der Waals surface area contributed by atoms with Gasteiger partial charge in [0.25, 0.3) is 11.5 Å². The van der Waals surface area contributed by atoms with Gasteiger partial charge >= 0.3 is 0 Å². The summed E-state index contributed by atoms with van der Waals surface area (Å²) in [5, 5.41) is 0. The number of hydrogen-bond acceptors (Lipinski definition) is 5. The number of aromatic nitrogens is 3. The fourth-order valence-electron chi connectivity index (χ4n) is 2.99. The lowest BCUT2D eigenvalue weighted by Gasteiger charge is -2.30. The van der Waals surface area contributed by atoms with Gasteiger partial charge in [-0.2, -0.15) is 0 Å². The van der Waals surface area contributed by atoms with Gasteiger partial charge in [-0.3, -0.25) is 9.59 Å². The van der Waals surface area contributed by atoms with Crippen LogP contribution >= 0.6 is 0 Å². The molecule has 0 radical (unpaired) electrons. The molecule has 0 unspecified atom stereocenters. The summed E-state index contributed by atoms with van der Waals surface area (Å²) in [5.74, 6) is 1.32. The van der Waals surface area contributed by atoms with Crippen LogP contribution in [0.4, 0.5) is 5.82 Å². The molecule has 0 fully saturated rings. The Labute approximate surface area is 140 Å². The van der Waals surface area contributed by atoms with Crippen LogP contribution in [0, 0.1) is 13.8 Å². The standard InChI is InChI=1S/C17H21N5O2/c1-10-5-6-13(16(23)18-10)17(24)22-8-7-12-14(9-22)19-11(2)20-15(12)21(3)4/h5-6H,7-9H2,1-4H3,(H,18,23). The summed E-state index contributed by atoms with van der Waals surface area (Å²) in [4.78, 5) is 40.0. The molecule has 0 aliphatic carbocycles. The molecule has 7 heteroatoms. The summed E-state index contributed by atoms with van der Waals surface area (Å²) in [6.45, 7) is 4.58. The highest BCUT2D eigenvalue weighted by Gasteiger charge is 2.27. The van der Waals surface area contributed by atoms with Crippen molar-refractivity contribution < 1.29 is 4.79 Å². The van der Waals surface area contributed by atoms with E-state index in [1.165, 1.54) is 0 Å². The second-order valence-corrected chi connectivity index (χ2v) is 6.27. The van der Waals surface area contributed by atoms with E-state index in [1.807, 2.05) is 25.9 Å². The average Bonchev–Trinajstić information content (AvgIpc) is 2.52. The Balaban J connectivity index is 1.92. The van der Waals surface area contributed by atoms with E-state index >= 15 is 0 Å². The molecule has 0 bridgehead atoms. The highest BCUT2D eigenvalue weighted by Crippen LogP contribution is 2.25. The third-order valence-electron chi connectivity index (χ3n) is 4.15. The fourth-order valence-corrected chi connectivity index (χ4v) is 2.99. The monoisotopic (exact) mass is 327 g/mol. The van der Waals surface area contributed by atoms with Gasteiger partial charge in [0.15, 0.2) is 0 Å². The van der Waals surface area contributed by atoms with E-state index in [1.54, 1.807) is 24.0 Å².